The second-order valence-electron chi connectivity index (χ2n) is 5.21. The van der Waals surface area contributed by atoms with Gasteiger partial charge in [-0.1, -0.05) is 6.07 Å². The van der Waals surface area contributed by atoms with Crippen molar-refractivity contribution in [2.24, 2.45) is 0 Å². The number of aromatic nitrogens is 2. The van der Waals surface area contributed by atoms with Gasteiger partial charge in [0.25, 0.3) is 0 Å². The monoisotopic (exact) mass is 274 g/mol. The van der Waals surface area contributed by atoms with Crippen molar-refractivity contribution in [1.82, 2.24) is 14.6 Å². The van der Waals surface area contributed by atoms with Crippen LogP contribution in [-0.4, -0.2) is 58.9 Å². The zero-order chi connectivity index (χ0) is 14.3. The van der Waals surface area contributed by atoms with E-state index in [-0.39, 0.29) is 5.56 Å². The van der Waals surface area contributed by atoms with Gasteiger partial charge in [-0.2, -0.15) is 0 Å². The molecule has 20 heavy (non-hydrogen) atoms. The Kier molecular flexibility index (Phi) is 3.10. The van der Waals surface area contributed by atoms with Crippen molar-refractivity contribution in [3.8, 4) is 0 Å². The molecule has 0 unspecified atom stereocenters. The van der Waals surface area contributed by atoms with E-state index in [0.29, 0.717) is 5.52 Å². The van der Waals surface area contributed by atoms with Gasteiger partial charge in [-0.15, -0.1) is 0 Å². The summed E-state index contributed by atoms with van der Waals surface area (Å²) in [4.78, 5) is 18.0. The lowest BCUT2D eigenvalue weighted by Gasteiger charge is -2.35. The summed E-state index contributed by atoms with van der Waals surface area (Å²) in [5.74, 6) is -0.100. The lowest BCUT2D eigenvalue weighted by Crippen LogP contribution is -2.50. The highest BCUT2D eigenvalue weighted by Crippen LogP contribution is 2.21. The lowest BCUT2D eigenvalue weighted by atomic mass is 10.2. The fourth-order valence-electron chi connectivity index (χ4n) is 2.73. The maximum atomic E-state index is 11.3. The first kappa shape index (κ1) is 12.9. The highest BCUT2D eigenvalue weighted by Gasteiger charge is 2.20. The molecule has 6 heteroatoms. The van der Waals surface area contributed by atoms with E-state index in [1.54, 1.807) is 12.1 Å². The Hall–Kier alpha value is -2.08. The fourth-order valence-corrected chi connectivity index (χ4v) is 2.73. The third-order valence-corrected chi connectivity index (χ3v) is 3.82. The minimum atomic E-state index is -0.932. The normalized spacial score (nSPS) is 16.8. The SMILES string of the molecule is Cc1nc2c(C(=O)O)cccc2n1N1CCN(C)CC1. The van der Waals surface area contributed by atoms with Crippen LogP contribution in [-0.2, 0) is 0 Å². The first-order valence-corrected chi connectivity index (χ1v) is 6.73. The van der Waals surface area contributed by atoms with Gasteiger partial charge in [-0.05, 0) is 26.1 Å². The van der Waals surface area contributed by atoms with Gasteiger partial charge in [0.2, 0.25) is 0 Å². The number of hydrogen-bond donors (Lipinski definition) is 1. The first-order valence-electron chi connectivity index (χ1n) is 6.73. The third-order valence-electron chi connectivity index (χ3n) is 3.82. The van der Waals surface area contributed by atoms with Crippen molar-refractivity contribution in [1.29, 1.82) is 0 Å². The van der Waals surface area contributed by atoms with Crippen LogP contribution < -0.4 is 5.01 Å². The standard InChI is InChI=1S/C14H18N4O2/c1-10-15-13-11(14(19)20)4-3-5-12(13)18(10)17-8-6-16(2)7-9-17/h3-5H,6-9H2,1-2H3,(H,19,20). The molecule has 0 atom stereocenters. The number of likely N-dealkylation sites (N-methyl/N-ethyl adjacent to an activating group) is 1. The molecular formula is C14H18N4O2. The van der Waals surface area contributed by atoms with Crippen LogP contribution in [0.4, 0.5) is 0 Å². The molecular weight excluding hydrogens is 256 g/mol. The van der Waals surface area contributed by atoms with E-state index >= 15 is 0 Å². The van der Waals surface area contributed by atoms with Gasteiger partial charge in [-0.25, -0.2) is 14.5 Å². The molecule has 1 aliphatic heterocycles. The number of aryl methyl sites for hydroxylation is 1. The summed E-state index contributed by atoms with van der Waals surface area (Å²) in [5, 5.41) is 11.5. The summed E-state index contributed by atoms with van der Waals surface area (Å²) in [6.07, 6.45) is 0. The maximum absolute atomic E-state index is 11.3. The fraction of sp³-hybridized carbons (Fsp3) is 0.429. The van der Waals surface area contributed by atoms with Gasteiger partial charge in [0.05, 0.1) is 11.1 Å². The topological polar surface area (TPSA) is 61.6 Å². The summed E-state index contributed by atoms with van der Waals surface area (Å²) in [6.45, 7) is 5.75. The maximum Gasteiger partial charge on any atom is 0.337 e. The predicted octanol–water partition coefficient (Wildman–Crippen LogP) is 0.926. The summed E-state index contributed by atoms with van der Waals surface area (Å²) in [6, 6.07) is 5.31. The van der Waals surface area contributed by atoms with Gasteiger partial charge in [0.15, 0.2) is 0 Å². The highest BCUT2D eigenvalue weighted by atomic mass is 16.4. The number of nitrogens with zero attached hydrogens (tertiary/aromatic N) is 4. The highest BCUT2D eigenvalue weighted by molar-refractivity contribution is 6.01. The zero-order valence-corrected chi connectivity index (χ0v) is 11.7. The lowest BCUT2D eigenvalue weighted by molar-refractivity contribution is 0.0699. The summed E-state index contributed by atoms with van der Waals surface area (Å²) in [7, 11) is 2.11. The van der Waals surface area contributed by atoms with Gasteiger partial charge in [-0.3, -0.25) is 0 Å². The molecule has 1 fully saturated rings. The van der Waals surface area contributed by atoms with Gasteiger partial charge in [0.1, 0.15) is 11.3 Å². The Balaban J connectivity index is 2.09. The van der Waals surface area contributed by atoms with Crippen LogP contribution >= 0.6 is 0 Å². The predicted molar refractivity (Wildman–Crippen MR) is 76.9 cm³/mol. The van der Waals surface area contributed by atoms with Crippen LogP contribution in [0.3, 0.4) is 0 Å². The van der Waals surface area contributed by atoms with Crippen LogP contribution in [0.2, 0.25) is 0 Å². The number of para-hydroxylation sites is 1. The van der Waals surface area contributed by atoms with Crippen molar-refractivity contribution in [3.05, 3.63) is 29.6 Å². The number of fused-ring (bicyclic) bond motifs is 1. The summed E-state index contributed by atoms with van der Waals surface area (Å²) in [5.41, 5.74) is 1.70. The molecule has 0 saturated carbocycles. The minimum Gasteiger partial charge on any atom is -0.478 e. The van der Waals surface area contributed by atoms with Crippen LogP contribution in [0.25, 0.3) is 11.0 Å². The molecule has 0 aliphatic carbocycles. The zero-order valence-electron chi connectivity index (χ0n) is 11.7. The molecule has 2 aromatic rings. The van der Waals surface area contributed by atoms with E-state index in [4.69, 9.17) is 0 Å². The summed E-state index contributed by atoms with van der Waals surface area (Å²) >= 11 is 0. The second kappa shape index (κ2) is 4.79. The number of carboxylic acid groups (broad SMARTS) is 1. The molecule has 3 rings (SSSR count). The van der Waals surface area contributed by atoms with E-state index in [9.17, 15) is 9.90 Å². The molecule has 1 aliphatic rings. The largest absolute Gasteiger partial charge is 0.478 e. The number of piperazine rings is 1. The number of hydrogen-bond acceptors (Lipinski definition) is 4. The minimum absolute atomic E-state index is 0.262. The Morgan fingerprint density at radius 3 is 2.60 bits per heavy atom. The molecule has 106 valence electrons. The van der Waals surface area contributed by atoms with Crippen molar-refractivity contribution in [3.63, 3.8) is 0 Å². The van der Waals surface area contributed by atoms with Gasteiger partial charge in [0, 0.05) is 26.2 Å². The average molecular weight is 274 g/mol. The van der Waals surface area contributed by atoms with Crippen LogP contribution in [0.15, 0.2) is 18.2 Å². The van der Waals surface area contributed by atoms with Crippen molar-refractivity contribution < 1.29 is 9.90 Å². The molecule has 0 spiro atoms. The molecule has 6 nitrogen and oxygen atoms in total. The molecule has 2 heterocycles. The number of imidazole rings is 1. The van der Waals surface area contributed by atoms with Crippen molar-refractivity contribution in [2.45, 2.75) is 6.92 Å². The number of rotatable bonds is 2. The first-order chi connectivity index (χ1) is 9.58. The molecule has 0 bridgehead atoms. The number of carbonyl (C=O) groups is 1. The quantitative estimate of drug-likeness (QED) is 0.882. The van der Waals surface area contributed by atoms with E-state index in [2.05, 4.69) is 26.6 Å². The van der Waals surface area contributed by atoms with E-state index in [1.165, 1.54) is 0 Å². The van der Waals surface area contributed by atoms with Crippen molar-refractivity contribution in [2.75, 3.05) is 38.2 Å². The smallest absolute Gasteiger partial charge is 0.337 e. The van der Waals surface area contributed by atoms with Crippen molar-refractivity contribution >= 4 is 17.0 Å². The van der Waals surface area contributed by atoms with Gasteiger partial charge >= 0.3 is 5.97 Å². The third kappa shape index (κ3) is 2.02. The average Bonchev–Trinajstić information content (AvgIpc) is 2.75. The van der Waals surface area contributed by atoms with E-state index in [1.807, 2.05) is 13.0 Å². The van der Waals surface area contributed by atoms with Crippen LogP contribution in [0, 0.1) is 6.92 Å². The van der Waals surface area contributed by atoms with E-state index < -0.39 is 5.97 Å². The molecule has 1 N–H and O–H groups in total. The summed E-state index contributed by atoms with van der Waals surface area (Å²) < 4.78 is 2.05. The molecule has 0 amide bonds. The molecule has 0 radical (unpaired) electrons. The molecule has 1 saturated heterocycles. The number of aromatic carboxylic acids is 1. The number of benzene rings is 1. The Labute approximate surface area is 117 Å². The number of carboxylic acids is 1. The van der Waals surface area contributed by atoms with E-state index in [0.717, 1.165) is 37.5 Å². The van der Waals surface area contributed by atoms with Gasteiger partial charge < -0.3 is 15.0 Å². The Morgan fingerprint density at radius 2 is 1.95 bits per heavy atom. The second-order valence-corrected chi connectivity index (χ2v) is 5.21. The molecule has 1 aromatic heterocycles. The van der Waals surface area contributed by atoms with Crippen LogP contribution in [0.5, 0.6) is 0 Å². The Bertz CT molecular complexity index is 656. The van der Waals surface area contributed by atoms with Crippen LogP contribution in [0.1, 0.15) is 16.2 Å². The Morgan fingerprint density at radius 1 is 1.25 bits per heavy atom. The molecule has 1 aromatic carbocycles.